The molecule has 1 aliphatic rings. The van der Waals surface area contributed by atoms with E-state index in [1.54, 1.807) is 31.3 Å². The minimum absolute atomic E-state index is 0.151. The number of nitrogens with zero attached hydrogens (tertiary/aromatic N) is 1. The first-order valence-electron chi connectivity index (χ1n) is 8.00. The third-order valence-electron chi connectivity index (χ3n) is 4.12. The summed E-state index contributed by atoms with van der Waals surface area (Å²) in [4.78, 5) is 37.1. The molecular formula is C17H23N3O4. The first-order valence-corrected chi connectivity index (χ1v) is 8.00. The summed E-state index contributed by atoms with van der Waals surface area (Å²) in [6.45, 7) is 0.879. The van der Waals surface area contributed by atoms with Crippen molar-refractivity contribution in [1.29, 1.82) is 0 Å². The minimum Gasteiger partial charge on any atom is -0.453 e. The summed E-state index contributed by atoms with van der Waals surface area (Å²) >= 11 is 0. The number of benzene rings is 1. The number of methoxy groups -OCH3 is 1. The van der Waals surface area contributed by atoms with Crippen molar-refractivity contribution < 1.29 is 19.1 Å². The third kappa shape index (κ3) is 4.24. The molecule has 1 heterocycles. The normalized spacial score (nSPS) is 17.1. The molecule has 1 aromatic carbocycles. The molecule has 0 saturated carbocycles. The molecule has 130 valence electrons. The van der Waals surface area contributed by atoms with Crippen molar-refractivity contribution in [2.45, 2.75) is 31.8 Å². The van der Waals surface area contributed by atoms with Crippen LogP contribution in [0, 0.1) is 0 Å². The van der Waals surface area contributed by atoms with E-state index >= 15 is 0 Å². The van der Waals surface area contributed by atoms with Crippen LogP contribution in [-0.2, 0) is 16.1 Å². The van der Waals surface area contributed by atoms with Gasteiger partial charge < -0.3 is 15.4 Å². The van der Waals surface area contributed by atoms with Crippen LogP contribution in [-0.4, -0.2) is 49.6 Å². The highest BCUT2D eigenvalue weighted by atomic mass is 16.5. The van der Waals surface area contributed by atoms with E-state index in [9.17, 15) is 14.4 Å². The molecule has 0 aromatic heterocycles. The molecule has 1 aliphatic heterocycles. The lowest BCUT2D eigenvalue weighted by molar-refractivity contribution is -0.127. The number of hydrogen-bond acceptors (Lipinski definition) is 4. The van der Waals surface area contributed by atoms with Gasteiger partial charge in [0.05, 0.1) is 7.11 Å². The first kappa shape index (κ1) is 17.8. The van der Waals surface area contributed by atoms with Gasteiger partial charge in [-0.15, -0.1) is 0 Å². The average Bonchev–Trinajstić information content (AvgIpc) is 2.65. The quantitative estimate of drug-likeness (QED) is 0.869. The molecule has 0 aliphatic carbocycles. The number of likely N-dealkylation sites (tertiary alicyclic amines) is 1. The van der Waals surface area contributed by atoms with Gasteiger partial charge >= 0.3 is 6.09 Å². The summed E-state index contributed by atoms with van der Waals surface area (Å²) in [6, 6.07) is 6.52. The van der Waals surface area contributed by atoms with E-state index in [-0.39, 0.29) is 11.8 Å². The van der Waals surface area contributed by atoms with Gasteiger partial charge in [0.1, 0.15) is 6.04 Å². The van der Waals surface area contributed by atoms with Crippen molar-refractivity contribution in [3.05, 3.63) is 35.4 Å². The number of nitrogens with one attached hydrogen (secondary N) is 2. The van der Waals surface area contributed by atoms with Gasteiger partial charge in [-0.1, -0.05) is 12.1 Å². The Bertz CT molecular complexity index is 600. The van der Waals surface area contributed by atoms with Crippen LogP contribution in [0.5, 0.6) is 0 Å². The lowest BCUT2D eigenvalue weighted by atomic mass is 10.0. The zero-order valence-electron chi connectivity index (χ0n) is 14.0. The summed E-state index contributed by atoms with van der Waals surface area (Å²) in [5.74, 6) is -0.336. The van der Waals surface area contributed by atoms with E-state index < -0.39 is 12.1 Å². The van der Waals surface area contributed by atoms with E-state index in [1.807, 2.05) is 0 Å². The monoisotopic (exact) mass is 333 g/mol. The van der Waals surface area contributed by atoms with Crippen molar-refractivity contribution in [2.24, 2.45) is 0 Å². The lowest BCUT2D eigenvalue weighted by Crippen LogP contribution is -2.51. The van der Waals surface area contributed by atoms with Crippen LogP contribution >= 0.6 is 0 Å². The summed E-state index contributed by atoms with van der Waals surface area (Å²) < 4.78 is 4.75. The van der Waals surface area contributed by atoms with Crippen LogP contribution in [0.15, 0.2) is 24.3 Å². The molecule has 7 nitrogen and oxygen atoms in total. The van der Waals surface area contributed by atoms with Gasteiger partial charge in [-0.2, -0.15) is 0 Å². The number of amides is 3. The molecular weight excluding hydrogens is 310 g/mol. The average molecular weight is 333 g/mol. The van der Waals surface area contributed by atoms with Crippen LogP contribution in [0.2, 0.25) is 0 Å². The fraction of sp³-hybridized carbons (Fsp3) is 0.471. The van der Waals surface area contributed by atoms with Crippen LogP contribution in [0.3, 0.4) is 0 Å². The number of piperidine rings is 1. The van der Waals surface area contributed by atoms with E-state index in [4.69, 9.17) is 4.74 Å². The van der Waals surface area contributed by atoms with Gasteiger partial charge in [0, 0.05) is 25.7 Å². The Balaban J connectivity index is 1.94. The van der Waals surface area contributed by atoms with E-state index in [2.05, 4.69) is 10.6 Å². The maximum absolute atomic E-state index is 12.4. The Hall–Kier alpha value is -2.57. The number of ether oxygens (including phenoxy) is 1. The van der Waals surface area contributed by atoms with Gasteiger partial charge in [0.15, 0.2) is 0 Å². The van der Waals surface area contributed by atoms with Crippen LogP contribution in [0.1, 0.15) is 35.2 Å². The molecule has 2 rings (SSSR count). The largest absolute Gasteiger partial charge is 0.453 e. The Morgan fingerprint density at radius 2 is 1.92 bits per heavy atom. The van der Waals surface area contributed by atoms with Crippen LogP contribution in [0.4, 0.5) is 4.79 Å². The van der Waals surface area contributed by atoms with Gasteiger partial charge in [-0.3, -0.25) is 14.5 Å². The molecule has 0 radical (unpaired) electrons. The molecule has 7 heteroatoms. The maximum Gasteiger partial charge on any atom is 0.410 e. The van der Waals surface area contributed by atoms with Crippen molar-refractivity contribution in [3.63, 3.8) is 0 Å². The molecule has 0 bridgehead atoms. The fourth-order valence-electron chi connectivity index (χ4n) is 2.77. The second-order valence-electron chi connectivity index (χ2n) is 5.67. The van der Waals surface area contributed by atoms with E-state index in [0.717, 1.165) is 18.4 Å². The topological polar surface area (TPSA) is 87.7 Å². The molecule has 1 fully saturated rings. The standard InChI is InChI=1S/C17H23N3O4/c1-18-15(21)13-8-6-12(7-9-13)11-19-16(22)14-5-3-4-10-20(14)17(23)24-2/h6-9,14H,3-5,10-11H2,1-2H3,(H,18,21)(H,19,22)/t14-/m1/s1. The summed E-state index contributed by atoms with van der Waals surface area (Å²) in [6.07, 6.45) is 1.95. The molecule has 3 amide bonds. The predicted molar refractivity (Wildman–Crippen MR) is 88.4 cm³/mol. The maximum atomic E-state index is 12.4. The fourth-order valence-corrected chi connectivity index (χ4v) is 2.77. The number of carbonyl (C=O) groups is 3. The number of carbonyl (C=O) groups excluding carboxylic acids is 3. The van der Waals surface area contributed by atoms with Crippen LogP contribution in [0.25, 0.3) is 0 Å². The minimum atomic E-state index is -0.489. The predicted octanol–water partition coefficient (Wildman–Crippen LogP) is 1.28. The molecule has 2 N–H and O–H groups in total. The van der Waals surface area contributed by atoms with Crippen molar-refractivity contribution in [1.82, 2.24) is 15.5 Å². The highest BCUT2D eigenvalue weighted by molar-refractivity contribution is 5.94. The molecule has 1 saturated heterocycles. The van der Waals surface area contributed by atoms with Gasteiger partial charge in [-0.25, -0.2) is 4.79 Å². The van der Waals surface area contributed by atoms with E-state index in [0.29, 0.717) is 25.1 Å². The third-order valence-corrected chi connectivity index (χ3v) is 4.12. The smallest absolute Gasteiger partial charge is 0.410 e. The second kappa shape index (κ2) is 8.33. The Morgan fingerprint density at radius 1 is 1.21 bits per heavy atom. The number of rotatable bonds is 4. The van der Waals surface area contributed by atoms with Gasteiger partial charge in [0.2, 0.25) is 5.91 Å². The highest BCUT2D eigenvalue weighted by Gasteiger charge is 2.32. The van der Waals surface area contributed by atoms with Crippen molar-refractivity contribution in [2.75, 3.05) is 20.7 Å². The lowest BCUT2D eigenvalue weighted by Gasteiger charge is -2.33. The Kier molecular flexibility index (Phi) is 6.17. The zero-order chi connectivity index (χ0) is 17.5. The zero-order valence-corrected chi connectivity index (χ0v) is 14.0. The molecule has 1 atom stereocenters. The van der Waals surface area contributed by atoms with Crippen molar-refractivity contribution >= 4 is 17.9 Å². The Labute approximate surface area is 141 Å². The summed E-state index contributed by atoms with van der Waals surface area (Å²) in [5.41, 5.74) is 1.45. The molecule has 0 spiro atoms. The molecule has 24 heavy (non-hydrogen) atoms. The second-order valence-corrected chi connectivity index (χ2v) is 5.67. The highest BCUT2D eigenvalue weighted by Crippen LogP contribution is 2.18. The van der Waals surface area contributed by atoms with E-state index in [1.165, 1.54) is 12.0 Å². The molecule has 0 unspecified atom stereocenters. The van der Waals surface area contributed by atoms with Gasteiger partial charge in [-0.05, 0) is 37.0 Å². The molecule has 1 aromatic rings. The number of hydrogen-bond donors (Lipinski definition) is 2. The van der Waals surface area contributed by atoms with Crippen molar-refractivity contribution in [3.8, 4) is 0 Å². The van der Waals surface area contributed by atoms with Gasteiger partial charge in [0.25, 0.3) is 5.91 Å². The Morgan fingerprint density at radius 3 is 2.54 bits per heavy atom. The SMILES string of the molecule is CNC(=O)c1ccc(CNC(=O)[C@H]2CCCCN2C(=O)OC)cc1. The van der Waals surface area contributed by atoms with Crippen LogP contribution < -0.4 is 10.6 Å². The summed E-state index contributed by atoms with van der Waals surface area (Å²) in [5, 5.41) is 5.41. The summed E-state index contributed by atoms with van der Waals surface area (Å²) in [7, 11) is 2.90. The first-order chi connectivity index (χ1) is 11.6.